The van der Waals surface area contributed by atoms with Gasteiger partial charge in [-0.2, -0.15) is 0 Å². The fraction of sp³-hybridized carbons (Fsp3) is 0.462. The van der Waals surface area contributed by atoms with Gasteiger partial charge in [0.15, 0.2) is 0 Å². The standard InChI is InChI=1S/C13H18F2N2OS/c1-2-6-17-11(13(16)18)5-7-19-12-8-9(14)3-4-10(12)15/h3-4,8,11,17H,2,5-7H2,1H3,(H2,16,18). The van der Waals surface area contributed by atoms with E-state index in [-0.39, 0.29) is 4.90 Å². The normalized spacial score (nSPS) is 12.4. The van der Waals surface area contributed by atoms with Gasteiger partial charge in [-0.05, 0) is 37.6 Å². The monoisotopic (exact) mass is 288 g/mol. The third-order valence-electron chi connectivity index (χ3n) is 2.54. The molecule has 1 aromatic carbocycles. The summed E-state index contributed by atoms with van der Waals surface area (Å²) in [6.45, 7) is 2.69. The molecule has 0 aliphatic carbocycles. The molecule has 3 nitrogen and oxygen atoms in total. The molecule has 0 spiro atoms. The Balaban J connectivity index is 2.47. The SMILES string of the molecule is CCCNC(CCSc1cc(F)ccc1F)C(N)=O. The maximum atomic E-state index is 13.4. The molecule has 1 unspecified atom stereocenters. The van der Waals surface area contributed by atoms with Gasteiger partial charge in [-0.3, -0.25) is 4.79 Å². The van der Waals surface area contributed by atoms with Gasteiger partial charge in [0.2, 0.25) is 5.91 Å². The first-order chi connectivity index (χ1) is 9.04. The number of primary amides is 1. The minimum absolute atomic E-state index is 0.249. The molecule has 0 saturated carbocycles. The van der Waals surface area contributed by atoms with Crippen LogP contribution < -0.4 is 11.1 Å². The van der Waals surface area contributed by atoms with Crippen molar-refractivity contribution in [2.75, 3.05) is 12.3 Å². The first-order valence-corrected chi connectivity index (χ1v) is 7.13. The Labute approximate surface area is 115 Å². The van der Waals surface area contributed by atoms with Crippen molar-refractivity contribution in [2.45, 2.75) is 30.7 Å². The van der Waals surface area contributed by atoms with Crippen molar-refractivity contribution in [2.24, 2.45) is 5.73 Å². The van der Waals surface area contributed by atoms with Crippen molar-refractivity contribution in [3.63, 3.8) is 0 Å². The lowest BCUT2D eigenvalue weighted by molar-refractivity contribution is -0.120. The summed E-state index contributed by atoms with van der Waals surface area (Å²) in [5, 5.41) is 3.03. The van der Waals surface area contributed by atoms with Crippen LogP contribution in [0.5, 0.6) is 0 Å². The first kappa shape index (κ1) is 15.9. The van der Waals surface area contributed by atoms with E-state index in [1.165, 1.54) is 11.8 Å². The number of carbonyl (C=O) groups excluding carboxylic acids is 1. The number of thioether (sulfide) groups is 1. The van der Waals surface area contributed by atoms with Crippen LogP contribution >= 0.6 is 11.8 Å². The van der Waals surface area contributed by atoms with Gasteiger partial charge < -0.3 is 11.1 Å². The van der Waals surface area contributed by atoms with Gasteiger partial charge >= 0.3 is 0 Å². The topological polar surface area (TPSA) is 55.1 Å². The van der Waals surface area contributed by atoms with E-state index in [0.29, 0.717) is 18.7 Å². The van der Waals surface area contributed by atoms with Crippen LogP contribution in [0.25, 0.3) is 0 Å². The molecular formula is C13H18F2N2OS. The summed E-state index contributed by atoms with van der Waals surface area (Å²) in [4.78, 5) is 11.4. The van der Waals surface area contributed by atoms with E-state index in [9.17, 15) is 13.6 Å². The third-order valence-corrected chi connectivity index (χ3v) is 3.61. The molecule has 1 aromatic rings. The molecule has 106 valence electrons. The second kappa shape index (κ2) is 8.12. The summed E-state index contributed by atoms with van der Waals surface area (Å²) < 4.78 is 26.3. The lowest BCUT2D eigenvalue weighted by Crippen LogP contribution is -2.41. The number of hydrogen-bond donors (Lipinski definition) is 2. The number of carbonyl (C=O) groups is 1. The Bertz CT molecular complexity index is 429. The molecule has 19 heavy (non-hydrogen) atoms. The summed E-state index contributed by atoms with van der Waals surface area (Å²) in [7, 11) is 0. The van der Waals surface area contributed by atoms with Crippen LogP contribution in [0.4, 0.5) is 8.78 Å². The lowest BCUT2D eigenvalue weighted by Gasteiger charge is -2.14. The molecule has 6 heteroatoms. The Morgan fingerprint density at radius 1 is 1.47 bits per heavy atom. The van der Waals surface area contributed by atoms with Gasteiger partial charge in [-0.1, -0.05) is 6.92 Å². The van der Waals surface area contributed by atoms with Crippen molar-refractivity contribution in [1.29, 1.82) is 0 Å². The van der Waals surface area contributed by atoms with Gasteiger partial charge in [-0.25, -0.2) is 8.78 Å². The smallest absolute Gasteiger partial charge is 0.234 e. The van der Waals surface area contributed by atoms with E-state index in [1.807, 2.05) is 6.92 Å². The average molecular weight is 288 g/mol. The number of hydrogen-bond acceptors (Lipinski definition) is 3. The van der Waals surface area contributed by atoms with Crippen LogP contribution in [-0.2, 0) is 4.79 Å². The van der Waals surface area contributed by atoms with Crippen molar-refractivity contribution >= 4 is 17.7 Å². The molecule has 3 N–H and O–H groups in total. The van der Waals surface area contributed by atoms with Crippen LogP contribution in [0.3, 0.4) is 0 Å². The average Bonchev–Trinajstić information content (AvgIpc) is 2.37. The maximum Gasteiger partial charge on any atom is 0.234 e. The second-order valence-electron chi connectivity index (χ2n) is 4.12. The molecule has 0 heterocycles. The second-order valence-corrected chi connectivity index (χ2v) is 5.26. The van der Waals surface area contributed by atoms with Gasteiger partial charge in [0.1, 0.15) is 11.6 Å². The Morgan fingerprint density at radius 3 is 2.84 bits per heavy atom. The number of rotatable bonds is 8. The van der Waals surface area contributed by atoms with Crippen molar-refractivity contribution in [1.82, 2.24) is 5.32 Å². The van der Waals surface area contributed by atoms with Gasteiger partial charge in [0.05, 0.1) is 6.04 Å². The van der Waals surface area contributed by atoms with E-state index >= 15 is 0 Å². The summed E-state index contributed by atoms with van der Waals surface area (Å²) in [6.07, 6.45) is 1.38. The minimum Gasteiger partial charge on any atom is -0.368 e. The number of amides is 1. The van der Waals surface area contributed by atoms with Crippen molar-refractivity contribution in [3.05, 3.63) is 29.8 Å². The Kier molecular flexibility index (Phi) is 6.80. The summed E-state index contributed by atoms with van der Waals surface area (Å²) in [5.74, 6) is -0.859. The number of nitrogens with one attached hydrogen (secondary N) is 1. The molecule has 0 aromatic heterocycles. The molecule has 1 atom stereocenters. The quantitative estimate of drug-likeness (QED) is 0.722. The van der Waals surface area contributed by atoms with Crippen LogP contribution in [0.1, 0.15) is 19.8 Å². The summed E-state index contributed by atoms with van der Waals surface area (Å²) in [5.41, 5.74) is 5.27. The molecule has 1 amide bonds. The third kappa shape index (κ3) is 5.57. The Hall–Kier alpha value is -1.14. The molecule has 0 radical (unpaired) electrons. The zero-order valence-electron chi connectivity index (χ0n) is 10.8. The molecule has 0 aliphatic rings. The lowest BCUT2D eigenvalue weighted by atomic mass is 10.2. The fourth-order valence-corrected chi connectivity index (χ4v) is 2.51. The zero-order valence-corrected chi connectivity index (χ0v) is 11.6. The van der Waals surface area contributed by atoms with Gasteiger partial charge in [-0.15, -0.1) is 11.8 Å². The number of benzene rings is 1. The first-order valence-electron chi connectivity index (χ1n) is 6.15. The predicted octanol–water partition coefficient (Wildman–Crippen LogP) is 2.30. The van der Waals surface area contributed by atoms with Crippen molar-refractivity contribution < 1.29 is 13.6 Å². The molecular weight excluding hydrogens is 270 g/mol. The van der Waals surface area contributed by atoms with Crippen LogP contribution in [0.15, 0.2) is 23.1 Å². The van der Waals surface area contributed by atoms with Gasteiger partial charge in [0.25, 0.3) is 0 Å². The van der Waals surface area contributed by atoms with E-state index in [2.05, 4.69) is 5.32 Å². The summed E-state index contributed by atoms with van der Waals surface area (Å²) in [6, 6.07) is 2.90. The zero-order chi connectivity index (χ0) is 14.3. The molecule has 0 fully saturated rings. The Morgan fingerprint density at radius 2 is 2.21 bits per heavy atom. The summed E-state index contributed by atoms with van der Waals surface area (Å²) >= 11 is 1.18. The highest BCUT2D eigenvalue weighted by Gasteiger charge is 2.14. The highest BCUT2D eigenvalue weighted by atomic mass is 32.2. The van der Waals surface area contributed by atoms with Crippen LogP contribution in [0.2, 0.25) is 0 Å². The fourth-order valence-electron chi connectivity index (χ4n) is 1.54. The van der Waals surface area contributed by atoms with E-state index in [0.717, 1.165) is 24.6 Å². The van der Waals surface area contributed by atoms with Gasteiger partial charge in [0, 0.05) is 10.6 Å². The van der Waals surface area contributed by atoms with Crippen LogP contribution in [-0.4, -0.2) is 24.2 Å². The predicted molar refractivity (Wildman–Crippen MR) is 73.0 cm³/mol. The van der Waals surface area contributed by atoms with Crippen LogP contribution in [0, 0.1) is 11.6 Å². The van der Waals surface area contributed by atoms with E-state index in [1.54, 1.807) is 0 Å². The maximum absolute atomic E-state index is 13.4. The minimum atomic E-state index is -0.473. The number of halogens is 2. The highest BCUT2D eigenvalue weighted by Crippen LogP contribution is 2.23. The molecule has 0 bridgehead atoms. The van der Waals surface area contributed by atoms with Crippen molar-refractivity contribution in [3.8, 4) is 0 Å². The molecule has 0 saturated heterocycles. The van der Waals surface area contributed by atoms with E-state index < -0.39 is 23.6 Å². The van der Waals surface area contributed by atoms with E-state index in [4.69, 9.17) is 5.73 Å². The largest absolute Gasteiger partial charge is 0.368 e. The number of nitrogens with two attached hydrogens (primary N) is 1. The molecule has 0 aliphatic heterocycles. The highest BCUT2D eigenvalue weighted by molar-refractivity contribution is 7.99. The molecule has 1 rings (SSSR count).